The molecule has 0 fully saturated rings. The van der Waals surface area contributed by atoms with E-state index in [9.17, 15) is 0 Å². The monoisotopic (exact) mass is 534 g/mol. The van der Waals surface area contributed by atoms with E-state index < -0.39 is 0 Å². The Morgan fingerprint density at radius 2 is 0.881 bits per heavy atom. The number of fused-ring (bicyclic) bond motifs is 14. The average Bonchev–Trinajstić information content (AvgIpc) is 3.60. The molecule has 42 heavy (non-hydrogen) atoms. The minimum atomic E-state index is 0.914. The summed E-state index contributed by atoms with van der Waals surface area (Å²) in [4.78, 5) is 0. The second kappa shape index (κ2) is 7.99. The van der Waals surface area contributed by atoms with Crippen molar-refractivity contribution >= 4 is 87.0 Å². The summed E-state index contributed by atoms with van der Waals surface area (Å²) < 4.78 is 12.8. The number of para-hydroxylation sites is 1. The molecule has 194 valence electrons. The second-order valence-corrected chi connectivity index (χ2v) is 11.3. The van der Waals surface area contributed by atoms with Crippen molar-refractivity contribution in [3.05, 3.63) is 133 Å². The number of hydrogen-bond donors (Lipinski definition) is 0. The van der Waals surface area contributed by atoms with Gasteiger partial charge >= 0.3 is 0 Å². The molecular formula is C40H22O2. The molecule has 2 heteroatoms. The molecule has 0 N–H and O–H groups in total. The minimum Gasteiger partial charge on any atom is -0.456 e. The van der Waals surface area contributed by atoms with Gasteiger partial charge in [0.2, 0.25) is 0 Å². The molecule has 0 radical (unpaired) electrons. The number of rotatable bonds is 1. The van der Waals surface area contributed by atoms with Crippen LogP contribution in [0.25, 0.3) is 98.1 Å². The molecule has 0 amide bonds. The first kappa shape index (κ1) is 22.1. The first-order valence-corrected chi connectivity index (χ1v) is 14.3. The van der Waals surface area contributed by atoms with Gasteiger partial charge in [0.05, 0.1) is 0 Å². The number of benzene rings is 8. The maximum Gasteiger partial charge on any atom is 0.143 e. The summed E-state index contributed by atoms with van der Waals surface area (Å²) >= 11 is 0. The molecule has 2 heterocycles. The molecule has 0 aliphatic rings. The molecule has 0 unspecified atom stereocenters. The van der Waals surface area contributed by atoms with Gasteiger partial charge in [-0.05, 0) is 91.3 Å². The largest absolute Gasteiger partial charge is 0.456 e. The van der Waals surface area contributed by atoms with Crippen molar-refractivity contribution in [2.24, 2.45) is 0 Å². The van der Waals surface area contributed by atoms with Crippen LogP contribution in [0.2, 0.25) is 0 Å². The Balaban J connectivity index is 1.30. The lowest BCUT2D eigenvalue weighted by molar-refractivity contribution is 0.669. The quantitative estimate of drug-likeness (QED) is 0.196. The molecule has 0 atom stereocenters. The van der Waals surface area contributed by atoms with Crippen LogP contribution in [0.5, 0.6) is 0 Å². The van der Waals surface area contributed by atoms with Gasteiger partial charge in [-0.15, -0.1) is 0 Å². The predicted molar refractivity (Wildman–Crippen MR) is 176 cm³/mol. The topological polar surface area (TPSA) is 26.3 Å². The van der Waals surface area contributed by atoms with Crippen LogP contribution in [0.4, 0.5) is 0 Å². The van der Waals surface area contributed by atoms with E-state index in [1.54, 1.807) is 0 Å². The Kier molecular flexibility index (Phi) is 4.21. The molecule has 2 aromatic heterocycles. The van der Waals surface area contributed by atoms with Crippen molar-refractivity contribution in [1.29, 1.82) is 0 Å². The summed E-state index contributed by atoms with van der Waals surface area (Å²) in [5.74, 6) is 0. The summed E-state index contributed by atoms with van der Waals surface area (Å²) in [5.41, 5.74) is 6.07. The molecule has 10 rings (SSSR count). The van der Waals surface area contributed by atoms with Gasteiger partial charge in [-0.2, -0.15) is 0 Å². The van der Waals surface area contributed by atoms with Gasteiger partial charge in [-0.25, -0.2) is 0 Å². The fourth-order valence-electron chi connectivity index (χ4n) is 7.04. The van der Waals surface area contributed by atoms with E-state index in [-0.39, 0.29) is 0 Å². The summed E-state index contributed by atoms with van der Waals surface area (Å²) in [5, 5.41) is 14.3. The molecule has 0 spiro atoms. The van der Waals surface area contributed by atoms with Gasteiger partial charge in [-0.1, -0.05) is 91.0 Å². The highest BCUT2D eigenvalue weighted by atomic mass is 16.3. The Bertz CT molecular complexity index is 2740. The molecule has 0 aliphatic heterocycles. The van der Waals surface area contributed by atoms with Crippen molar-refractivity contribution in [2.75, 3.05) is 0 Å². The molecule has 2 nitrogen and oxygen atoms in total. The summed E-state index contributed by atoms with van der Waals surface area (Å²) in [6.07, 6.45) is 0. The van der Waals surface area contributed by atoms with E-state index in [1.807, 2.05) is 12.1 Å². The third-order valence-electron chi connectivity index (χ3n) is 9.01. The van der Waals surface area contributed by atoms with Gasteiger partial charge in [0.15, 0.2) is 0 Å². The smallest absolute Gasteiger partial charge is 0.143 e. The highest BCUT2D eigenvalue weighted by Gasteiger charge is 2.17. The maximum atomic E-state index is 6.72. The number of hydrogen-bond acceptors (Lipinski definition) is 2. The van der Waals surface area contributed by atoms with Crippen LogP contribution in [0.3, 0.4) is 0 Å². The Morgan fingerprint density at radius 3 is 1.74 bits per heavy atom. The predicted octanol–water partition coefficient (Wildman–Crippen LogP) is 11.8. The summed E-state index contributed by atoms with van der Waals surface area (Å²) in [7, 11) is 0. The summed E-state index contributed by atoms with van der Waals surface area (Å²) in [6, 6.07) is 47.8. The van der Waals surface area contributed by atoms with Crippen LogP contribution >= 0.6 is 0 Å². The molecule has 0 aliphatic carbocycles. The van der Waals surface area contributed by atoms with Crippen LogP contribution in [0.1, 0.15) is 0 Å². The highest BCUT2D eigenvalue weighted by Crippen LogP contribution is 2.43. The van der Waals surface area contributed by atoms with E-state index in [0.29, 0.717) is 0 Å². The molecule has 10 aromatic rings. The fraction of sp³-hybridized carbons (Fsp3) is 0. The van der Waals surface area contributed by atoms with Crippen LogP contribution in [0.15, 0.2) is 142 Å². The van der Waals surface area contributed by atoms with Crippen LogP contribution in [0, 0.1) is 0 Å². The van der Waals surface area contributed by atoms with Crippen molar-refractivity contribution in [2.45, 2.75) is 0 Å². The first-order valence-electron chi connectivity index (χ1n) is 14.3. The van der Waals surface area contributed by atoms with Crippen molar-refractivity contribution in [3.63, 3.8) is 0 Å². The van der Waals surface area contributed by atoms with Crippen LogP contribution in [-0.2, 0) is 0 Å². The van der Waals surface area contributed by atoms with E-state index in [1.165, 1.54) is 54.2 Å². The van der Waals surface area contributed by atoms with Gasteiger partial charge in [0.1, 0.15) is 22.3 Å². The third kappa shape index (κ3) is 2.93. The lowest BCUT2D eigenvalue weighted by Gasteiger charge is -2.12. The number of furan rings is 2. The molecule has 0 saturated carbocycles. The Hall–Kier alpha value is -5.60. The molecular weight excluding hydrogens is 512 g/mol. The molecule has 0 bridgehead atoms. The molecule has 8 aromatic carbocycles. The first-order chi connectivity index (χ1) is 20.8. The maximum absolute atomic E-state index is 6.72. The summed E-state index contributed by atoms with van der Waals surface area (Å²) in [6.45, 7) is 0. The van der Waals surface area contributed by atoms with E-state index in [4.69, 9.17) is 8.83 Å². The van der Waals surface area contributed by atoms with Gasteiger partial charge < -0.3 is 8.83 Å². The van der Waals surface area contributed by atoms with E-state index in [0.717, 1.165) is 43.9 Å². The van der Waals surface area contributed by atoms with Gasteiger partial charge in [0.25, 0.3) is 0 Å². The second-order valence-electron chi connectivity index (χ2n) is 11.3. The SMILES string of the molecule is c1ccc2cc3c(cc2c1)oc1c3ccc2c3ccccc3c3cc(-c4ccc5oc6ccccc6c5c4)ccc3c21. The zero-order valence-electron chi connectivity index (χ0n) is 22.5. The van der Waals surface area contributed by atoms with E-state index >= 15 is 0 Å². The highest BCUT2D eigenvalue weighted by molar-refractivity contribution is 6.32. The Labute approximate surface area is 240 Å². The van der Waals surface area contributed by atoms with Crippen molar-refractivity contribution < 1.29 is 8.83 Å². The van der Waals surface area contributed by atoms with Crippen molar-refractivity contribution in [3.8, 4) is 11.1 Å². The van der Waals surface area contributed by atoms with Gasteiger partial charge in [-0.3, -0.25) is 0 Å². The lowest BCUT2D eigenvalue weighted by atomic mass is 9.91. The van der Waals surface area contributed by atoms with Crippen molar-refractivity contribution in [1.82, 2.24) is 0 Å². The zero-order chi connectivity index (χ0) is 27.4. The van der Waals surface area contributed by atoms with Crippen LogP contribution < -0.4 is 0 Å². The molecule has 0 saturated heterocycles. The van der Waals surface area contributed by atoms with E-state index in [2.05, 4.69) is 121 Å². The minimum absolute atomic E-state index is 0.914. The standard InChI is InChI=1S/C40H22O2/c1-2-8-24-22-38-35(20-23(24)7-1)32-17-16-30-27-9-3-4-10-28(27)33-19-25(13-15-31(33)39(30)40(32)42-38)26-14-18-37-34(21-26)29-11-5-6-12-36(29)41-37/h1-22H. The van der Waals surface area contributed by atoms with Gasteiger partial charge in [0, 0.05) is 26.9 Å². The van der Waals surface area contributed by atoms with Crippen LogP contribution in [-0.4, -0.2) is 0 Å². The normalized spacial score (nSPS) is 12.3. The third-order valence-corrected chi connectivity index (χ3v) is 9.01. The lowest BCUT2D eigenvalue weighted by Crippen LogP contribution is -1.86. The average molecular weight is 535 g/mol. The fourth-order valence-corrected chi connectivity index (χ4v) is 7.04. The zero-order valence-corrected chi connectivity index (χ0v) is 22.5. The Morgan fingerprint density at radius 1 is 0.310 bits per heavy atom.